The summed E-state index contributed by atoms with van der Waals surface area (Å²) in [4.78, 5) is 36.0. The molecule has 7 nitrogen and oxygen atoms in total. The van der Waals surface area contributed by atoms with Gasteiger partial charge in [-0.25, -0.2) is 0 Å². The Bertz CT molecular complexity index is 917. The topological polar surface area (TPSA) is 101 Å². The molecule has 2 N–H and O–H groups in total. The number of nitrogens with one attached hydrogen (secondary N) is 2. The van der Waals surface area contributed by atoms with Crippen molar-refractivity contribution < 1.29 is 14.5 Å². The van der Waals surface area contributed by atoms with Gasteiger partial charge in [-0.2, -0.15) is 0 Å². The summed E-state index contributed by atoms with van der Waals surface area (Å²) in [5, 5.41) is 16.3. The highest BCUT2D eigenvalue weighted by Crippen LogP contribution is 2.29. The quantitative estimate of drug-likeness (QED) is 0.293. The zero-order valence-corrected chi connectivity index (χ0v) is 18.3. The molecule has 2 amide bonds. The van der Waals surface area contributed by atoms with Gasteiger partial charge in [0.1, 0.15) is 0 Å². The highest BCUT2D eigenvalue weighted by atomic mass is 32.2. The highest BCUT2D eigenvalue weighted by Gasteiger charge is 2.20. The fraction of sp³-hybridized carbons (Fsp3) is 0.364. The number of hydrogen-bond acceptors (Lipinski definition) is 5. The fourth-order valence-electron chi connectivity index (χ4n) is 2.81. The van der Waals surface area contributed by atoms with Crippen molar-refractivity contribution in [2.24, 2.45) is 0 Å². The maximum atomic E-state index is 12.8. The van der Waals surface area contributed by atoms with Crippen molar-refractivity contribution in [2.75, 3.05) is 10.6 Å². The van der Waals surface area contributed by atoms with E-state index in [0.29, 0.717) is 29.8 Å². The van der Waals surface area contributed by atoms with Gasteiger partial charge in [-0.3, -0.25) is 19.7 Å². The van der Waals surface area contributed by atoms with Crippen molar-refractivity contribution in [1.29, 1.82) is 0 Å². The Morgan fingerprint density at radius 2 is 1.90 bits per heavy atom. The largest absolute Gasteiger partial charge is 0.326 e. The lowest BCUT2D eigenvalue weighted by Crippen LogP contribution is -2.25. The van der Waals surface area contributed by atoms with Crippen LogP contribution in [0.15, 0.2) is 47.4 Å². The van der Waals surface area contributed by atoms with Gasteiger partial charge < -0.3 is 10.6 Å². The summed E-state index contributed by atoms with van der Waals surface area (Å²) >= 11 is 1.42. The molecule has 0 bridgehead atoms. The van der Waals surface area contributed by atoms with Gasteiger partial charge in [0, 0.05) is 34.8 Å². The number of aryl methyl sites for hydroxylation is 1. The minimum absolute atomic E-state index is 0.00952. The Balaban J connectivity index is 2.04. The molecule has 2 aromatic carbocycles. The van der Waals surface area contributed by atoms with Crippen LogP contribution in [-0.2, 0) is 9.59 Å². The van der Waals surface area contributed by atoms with Crippen LogP contribution in [0.25, 0.3) is 0 Å². The van der Waals surface area contributed by atoms with Crippen LogP contribution in [0.3, 0.4) is 0 Å². The summed E-state index contributed by atoms with van der Waals surface area (Å²) in [6, 6.07) is 11.8. The van der Waals surface area contributed by atoms with Gasteiger partial charge in [-0.1, -0.05) is 26.3 Å². The number of benzene rings is 2. The number of hydrogen-bond donors (Lipinski definition) is 2. The third-order valence-corrected chi connectivity index (χ3v) is 5.85. The van der Waals surface area contributed by atoms with Crippen LogP contribution in [0, 0.1) is 17.0 Å². The SMILES string of the molecule is CCCCC(=O)Nc1cccc(SC(CC)C(=O)Nc2ccc([N+](=O)[O-])cc2C)c1. The number of amides is 2. The molecule has 2 aromatic rings. The molecule has 0 aliphatic heterocycles. The molecule has 160 valence electrons. The monoisotopic (exact) mass is 429 g/mol. The Morgan fingerprint density at radius 3 is 2.53 bits per heavy atom. The van der Waals surface area contributed by atoms with Gasteiger partial charge in [0.15, 0.2) is 0 Å². The van der Waals surface area contributed by atoms with Crippen molar-refractivity contribution in [3.63, 3.8) is 0 Å². The molecule has 0 saturated heterocycles. The molecule has 0 aliphatic rings. The summed E-state index contributed by atoms with van der Waals surface area (Å²) in [6.45, 7) is 5.69. The van der Waals surface area contributed by atoms with Crippen LogP contribution < -0.4 is 10.6 Å². The molecule has 0 aliphatic carbocycles. The Kier molecular flexibility index (Phi) is 8.86. The molecule has 30 heavy (non-hydrogen) atoms. The minimum atomic E-state index is -0.461. The number of unbranched alkanes of at least 4 members (excludes halogenated alkanes) is 1. The van der Waals surface area contributed by atoms with Crippen molar-refractivity contribution in [1.82, 2.24) is 0 Å². The number of nitrogens with zero attached hydrogens (tertiary/aromatic N) is 1. The Hall–Kier alpha value is -2.87. The van der Waals surface area contributed by atoms with Crippen LogP contribution in [0.1, 0.15) is 45.1 Å². The Labute approximate surface area is 180 Å². The molecule has 0 spiro atoms. The predicted octanol–water partition coefficient (Wildman–Crippen LogP) is 5.54. The first-order valence-corrected chi connectivity index (χ1v) is 10.8. The first-order valence-electron chi connectivity index (χ1n) is 9.96. The van der Waals surface area contributed by atoms with E-state index in [4.69, 9.17) is 0 Å². The zero-order valence-electron chi connectivity index (χ0n) is 17.4. The van der Waals surface area contributed by atoms with E-state index in [0.717, 1.165) is 17.7 Å². The summed E-state index contributed by atoms with van der Waals surface area (Å²) in [5.74, 6) is -0.186. The number of rotatable bonds is 10. The number of nitro groups is 1. The van der Waals surface area contributed by atoms with Gasteiger partial charge >= 0.3 is 0 Å². The van der Waals surface area contributed by atoms with Crippen LogP contribution in [0.4, 0.5) is 17.1 Å². The van der Waals surface area contributed by atoms with Gasteiger partial charge in [-0.05, 0) is 49.6 Å². The van der Waals surface area contributed by atoms with Gasteiger partial charge in [0.25, 0.3) is 5.69 Å². The van der Waals surface area contributed by atoms with E-state index >= 15 is 0 Å². The van der Waals surface area contributed by atoms with Crippen molar-refractivity contribution in [3.05, 3.63) is 58.1 Å². The normalized spacial score (nSPS) is 11.6. The summed E-state index contributed by atoms with van der Waals surface area (Å²) < 4.78 is 0. The number of carbonyl (C=O) groups is 2. The number of thioether (sulfide) groups is 1. The Morgan fingerprint density at radius 1 is 1.13 bits per heavy atom. The van der Waals surface area contributed by atoms with Gasteiger partial charge in [0.2, 0.25) is 11.8 Å². The third kappa shape index (κ3) is 6.88. The van der Waals surface area contributed by atoms with Crippen LogP contribution in [-0.4, -0.2) is 22.0 Å². The first-order chi connectivity index (χ1) is 14.3. The highest BCUT2D eigenvalue weighted by molar-refractivity contribution is 8.00. The van der Waals surface area contributed by atoms with E-state index < -0.39 is 4.92 Å². The molecule has 8 heteroatoms. The van der Waals surface area contributed by atoms with Crippen LogP contribution in [0.5, 0.6) is 0 Å². The molecular weight excluding hydrogens is 402 g/mol. The zero-order chi connectivity index (χ0) is 22.1. The number of carbonyl (C=O) groups excluding carboxylic acids is 2. The van der Waals surface area contributed by atoms with E-state index in [1.165, 1.54) is 23.9 Å². The molecule has 0 radical (unpaired) electrons. The molecular formula is C22H27N3O4S. The fourth-order valence-corrected chi connectivity index (χ4v) is 3.82. The average Bonchev–Trinajstić information content (AvgIpc) is 2.72. The smallest absolute Gasteiger partial charge is 0.269 e. The van der Waals surface area contributed by atoms with E-state index in [2.05, 4.69) is 10.6 Å². The summed E-state index contributed by atoms with van der Waals surface area (Å²) in [5.41, 5.74) is 1.89. The first kappa shape index (κ1) is 23.4. The maximum Gasteiger partial charge on any atom is 0.269 e. The standard InChI is InChI=1S/C22H27N3O4S/c1-4-6-10-21(26)23-16-8-7-9-18(14-16)30-20(5-2)22(27)24-19-12-11-17(25(28)29)13-15(19)3/h7-9,11-14,20H,4-6,10H2,1-3H3,(H,23,26)(H,24,27). The lowest BCUT2D eigenvalue weighted by Gasteiger charge is -2.16. The second-order valence-electron chi connectivity index (χ2n) is 6.94. The summed E-state index contributed by atoms with van der Waals surface area (Å²) in [7, 11) is 0. The van der Waals surface area contributed by atoms with Crippen LogP contribution in [0.2, 0.25) is 0 Å². The molecule has 0 aromatic heterocycles. The van der Waals surface area contributed by atoms with E-state index in [9.17, 15) is 19.7 Å². The van der Waals surface area contributed by atoms with Crippen molar-refractivity contribution in [2.45, 2.75) is 56.6 Å². The van der Waals surface area contributed by atoms with Gasteiger partial charge in [-0.15, -0.1) is 11.8 Å². The number of nitro benzene ring substituents is 1. The molecule has 0 heterocycles. The molecule has 2 rings (SSSR count). The van der Waals surface area contributed by atoms with Gasteiger partial charge in [0.05, 0.1) is 10.2 Å². The molecule has 0 saturated carbocycles. The lowest BCUT2D eigenvalue weighted by molar-refractivity contribution is -0.384. The summed E-state index contributed by atoms with van der Waals surface area (Å²) in [6.07, 6.45) is 2.91. The second kappa shape index (κ2) is 11.3. The minimum Gasteiger partial charge on any atom is -0.326 e. The van der Waals surface area contributed by atoms with E-state index in [-0.39, 0.29) is 22.8 Å². The average molecular weight is 430 g/mol. The number of non-ortho nitro benzene ring substituents is 1. The predicted molar refractivity (Wildman–Crippen MR) is 121 cm³/mol. The van der Waals surface area contributed by atoms with E-state index in [1.807, 2.05) is 38.1 Å². The van der Waals surface area contributed by atoms with Crippen molar-refractivity contribution >= 4 is 40.6 Å². The molecule has 1 atom stereocenters. The van der Waals surface area contributed by atoms with Crippen LogP contribution >= 0.6 is 11.8 Å². The van der Waals surface area contributed by atoms with E-state index in [1.54, 1.807) is 13.0 Å². The molecule has 1 unspecified atom stereocenters. The maximum absolute atomic E-state index is 12.8. The molecule has 0 fully saturated rings. The third-order valence-electron chi connectivity index (χ3n) is 4.50. The second-order valence-corrected chi connectivity index (χ2v) is 8.22. The van der Waals surface area contributed by atoms with Crippen molar-refractivity contribution in [3.8, 4) is 0 Å². The lowest BCUT2D eigenvalue weighted by atomic mass is 10.1. The number of anilines is 2.